The van der Waals surface area contributed by atoms with Gasteiger partial charge in [-0.3, -0.25) is 9.29 Å². The zero-order valence-electron chi connectivity index (χ0n) is 6.53. The first-order valence-corrected chi connectivity index (χ1v) is 3.30. The molecule has 0 rings (SSSR count). The van der Waals surface area contributed by atoms with Crippen molar-refractivity contribution in [3.8, 4) is 0 Å². The molecule has 0 heterocycles. The largest absolute Gasteiger partial charge is 1.00 e. The summed E-state index contributed by atoms with van der Waals surface area (Å²) in [5.41, 5.74) is 0. The molecule has 0 aromatic heterocycles. The summed E-state index contributed by atoms with van der Waals surface area (Å²) >= 11 is 0. The Balaban J connectivity index is -0.000000405. The van der Waals surface area contributed by atoms with Gasteiger partial charge in [0.1, 0.15) is 0 Å². The standard InChI is InChI=1S/C2H4F2O5S.Li.H/c3-2(4)8-1-9-10(5,6)7;;/h2H,1H2,(H,5,6,7);;/q;+1;-1. The Hall–Kier alpha value is 0.287. The van der Waals surface area contributed by atoms with Crippen LogP contribution in [-0.4, -0.2) is 26.4 Å². The number of halogens is 2. The van der Waals surface area contributed by atoms with Crippen LogP contribution < -0.4 is 18.9 Å². The second-order valence-corrected chi connectivity index (χ2v) is 2.18. The first-order valence-electron chi connectivity index (χ1n) is 1.93. The molecule has 1 N–H and O–H groups in total. The third kappa shape index (κ3) is 13.3. The van der Waals surface area contributed by atoms with Gasteiger partial charge in [-0.1, -0.05) is 0 Å². The van der Waals surface area contributed by atoms with Crippen molar-refractivity contribution in [2.75, 3.05) is 6.79 Å². The first kappa shape index (κ1) is 13.8. The van der Waals surface area contributed by atoms with Crippen LogP contribution in [0.1, 0.15) is 1.43 Å². The summed E-state index contributed by atoms with van der Waals surface area (Å²) in [5, 5.41) is 0. The van der Waals surface area contributed by atoms with E-state index in [9.17, 15) is 17.2 Å². The van der Waals surface area contributed by atoms with Gasteiger partial charge >= 0.3 is 35.9 Å². The fourth-order valence-corrected chi connectivity index (χ4v) is 0.317. The van der Waals surface area contributed by atoms with E-state index < -0.39 is 23.8 Å². The minimum absolute atomic E-state index is 0. The van der Waals surface area contributed by atoms with Gasteiger partial charge in [0.05, 0.1) is 0 Å². The van der Waals surface area contributed by atoms with Crippen LogP contribution in [-0.2, 0) is 19.3 Å². The van der Waals surface area contributed by atoms with E-state index in [-0.39, 0.29) is 20.3 Å². The van der Waals surface area contributed by atoms with Crippen molar-refractivity contribution >= 4 is 10.4 Å². The second-order valence-electron chi connectivity index (χ2n) is 1.09. The van der Waals surface area contributed by atoms with Crippen LogP contribution in [0.2, 0.25) is 0 Å². The van der Waals surface area contributed by atoms with E-state index in [0.29, 0.717) is 0 Å². The van der Waals surface area contributed by atoms with Gasteiger partial charge in [0, 0.05) is 0 Å². The van der Waals surface area contributed by atoms with Crippen LogP contribution in [0.4, 0.5) is 8.78 Å². The molecule has 64 valence electrons. The topological polar surface area (TPSA) is 72.8 Å². The van der Waals surface area contributed by atoms with Crippen molar-refractivity contribution in [1.29, 1.82) is 0 Å². The molecule has 0 unspecified atom stereocenters. The maximum Gasteiger partial charge on any atom is 1.00 e. The molecule has 0 amide bonds. The molecule has 5 nitrogen and oxygen atoms in total. The van der Waals surface area contributed by atoms with E-state index in [2.05, 4.69) is 8.92 Å². The van der Waals surface area contributed by atoms with Gasteiger partial charge in [-0.05, 0) is 0 Å². The van der Waals surface area contributed by atoms with Crippen LogP contribution in [0.15, 0.2) is 0 Å². The van der Waals surface area contributed by atoms with Gasteiger partial charge < -0.3 is 1.43 Å². The average Bonchev–Trinajstić information content (AvgIpc) is 1.59. The zero-order chi connectivity index (χ0) is 8.20. The monoisotopic (exact) mass is 186 g/mol. The smallest absolute Gasteiger partial charge is 1.00 e. The van der Waals surface area contributed by atoms with Crippen molar-refractivity contribution in [1.82, 2.24) is 0 Å². The Morgan fingerprint density at radius 3 is 2.27 bits per heavy atom. The SMILES string of the molecule is O=S(=O)(O)OCOC(F)F.[H-].[Li+]. The minimum atomic E-state index is -4.68. The molecule has 0 fully saturated rings. The molecule has 11 heavy (non-hydrogen) atoms. The molecule has 0 atom stereocenters. The molecule has 0 aliphatic heterocycles. The Morgan fingerprint density at radius 1 is 1.55 bits per heavy atom. The van der Waals surface area contributed by atoms with Crippen molar-refractivity contribution in [3.63, 3.8) is 0 Å². The van der Waals surface area contributed by atoms with Gasteiger partial charge in [-0.25, -0.2) is 4.18 Å². The molecular formula is C2H5F2LiO5S. The summed E-state index contributed by atoms with van der Waals surface area (Å²) in [6.45, 7) is -4.32. The van der Waals surface area contributed by atoms with Crippen LogP contribution >= 0.6 is 0 Å². The molecule has 0 aromatic rings. The maximum absolute atomic E-state index is 11.0. The van der Waals surface area contributed by atoms with Crippen LogP contribution in [0.3, 0.4) is 0 Å². The molecule has 9 heteroatoms. The zero-order valence-corrected chi connectivity index (χ0v) is 6.35. The third-order valence-electron chi connectivity index (χ3n) is 0.391. The maximum atomic E-state index is 11.0. The molecule has 0 radical (unpaired) electrons. The Kier molecular flexibility index (Phi) is 7.40. The van der Waals surface area contributed by atoms with Crippen molar-refractivity contribution in [2.24, 2.45) is 0 Å². The molecule has 0 aliphatic rings. The third-order valence-corrected chi connectivity index (χ3v) is 0.785. The average molecular weight is 186 g/mol. The predicted molar refractivity (Wildman–Crippen MR) is 25.7 cm³/mol. The first-order chi connectivity index (χ1) is 4.42. The summed E-state index contributed by atoms with van der Waals surface area (Å²) in [6, 6.07) is 0. The fraction of sp³-hybridized carbons (Fsp3) is 1.00. The van der Waals surface area contributed by atoms with Crippen LogP contribution in [0.25, 0.3) is 0 Å². The minimum Gasteiger partial charge on any atom is -1.00 e. The van der Waals surface area contributed by atoms with Gasteiger partial charge in [0.2, 0.25) is 0 Å². The fourth-order valence-electron chi connectivity index (χ4n) is 0.140. The molecule has 0 aliphatic carbocycles. The molecule has 0 bridgehead atoms. The Bertz CT molecular complexity index is 184. The van der Waals surface area contributed by atoms with Crippen LogP contribution in [0, 0.1) is 0 Å². The summed E-state index contributed by atoms with van der Waals surface area (Å²) < 4.78 is 55.7. The number of hydrogen-bond acceptors (Lipinski definition) is 4. The predicted octanol–water partition coefficient (Wildman–Crippen LogP) is -2.88. The van der Waals surface area contributed by atoms with Crippen molar-refractivity contribution in [2.45, 2.75) is 6.61 Å². The van der Waals surface area contributed by atoms with E-state index in [1.807, 2.05) is 0 Å². The van der Waals surface area contributed by atoms with Gasteiger partial charge in [-0.15, -0.1) is 0 Å². The van der Waals surface area contributed by atoms with Crippen molar-refractivity contribution in [3.05, 3.63) is 0 Å². The molecule has 0 saturated heterocycles. The van der Waals surface area contributed by atoms with E-state index in [0.717, 1.165) is 0 Å². The van der Waals surface area contributed by atoms with E-state index >= 15 is 0 Å². The molecular weight excluding hydrogens is 181 g/mol. The summed E-state index contributed by atoms with van der Waals surface area (Å²) in [4.78, 5) is 0. The molecule has 0 aromatic carbocycles. The van der Waals surface area contributed by atoms with Crippen molar-refractivity contribution < 1.29 is 51.0 Å². The number of ether oxygens (including phenoxy) is 1. The number of rotatable bonds is 4. The quantitative estimate of drug-likeness (QED) is 0.290. The summed E-state index contributed by atoms with van der Waals surface area (Å²) in [5.74, 6) is 0. The normalized spacial score (nSPS) is 11.3. The number of alkyl halides is 2. The second kappa shape index (κ2) is 5.88. The Labute approximate surface area is 75.3 Å². The van der Waals surface area contributed by atoms with Gasteiger partial charge in [0.25, 0.3) is 0 Å². The van der Waals surface area contributed by atoms with E-state index in [1.165, 1.54) is 0 Å². The van der Waals surface area contributed by atoms with E-state index in [1.54, 1.807) is 0 Å². The molecule has 0 saturated carbocycles. The van der Waals surface area contributed by atoms with Gasteiger partial charge in [0.15, 0.2) is 6.79 Å². The number of hydrogen-bond donors (Lipinski definition) is 1. The van der Waals surface area contributed by atoms with E-state index in [4.69, 9.17) is 4.55 Å². The van der Waals surface area contributed by atoms with Crippen LogP contribution in [0.5, 0.6) is 0 Å². The summed E-state index contributed by atoms with van der Waals surface area (Å²) in [6.07, 6.45) is 0. The van der Waals surface area contributed by atoms with Gasteiger partial charge in [-0.2, -0.15) is 17.2 Å². The summed E-state index contributed by atoms with van der Waals surface area (Å²) in [7, 11) is -4.68. The Morgan fingerprint density at radius 2 is 2.00 bits per heavy atom. The molecule has 0 spiro atoms.